The maximum atomic E-state index is 12.4. The van der Waals surface area contributed by atoms with Crippen molar-refractivity contribution < 1.29 is 56.9 Å². The zero-order chi connectivity index (χ0) is 29.0. The maximum absolute atomic E-state index is 12.4. The first kappa shape index (κ1) is 31.2. The van der Waals surface area contributed by atoms with Gasteiger partial charge in [-0.2, -0.15) is 0 Å². The van der Waals surface area contributed by atoms with Crippen molar-refractivity contribution in [3.8, 4) is 0 Å². The molecular formula is C21H27N4O12P2S-3. The Labute approximate surface area is 233 Å². The minimum absolute atomic E-state index is 0.0127. The molecule has 1 N–H and O–H groups in total. The number of phosphoric acid groups is 1. The third-order valence-corrected chi connectivity index (χ3v) is 8.78. The monoisotopic (exact) mass is 621 g/mol. The van der Waals surface area contributed by atoms with Gasteiger partial charge in [0.05, 0.1) is 47.0 Å². The fourth-order valence-electron chi connectivity index (χ4n) is 3.92. The minimum atomic E-state index is -5.24. The second-order valence-electron chi connectivity index (χ2n) is 8.96. The van der Waals surface area contributed by atoms with Crippen LogP contribution in [0.1, 0.15) is 25.8 Å². The van der Waals surface area contributed by atoms with Crippen molar-refractivity contribution in [3.05, 3.63) is 42.2 Å². The second kappa shape index (κ2) is 13.1. The van der Waals surface area contributed by atoms with Crippen LogP contribution in [0.3, 0.4) is 0 Å². The zero-order valence-corrected chi connectivity index (χ0v) is 23.9. The molecule has 0 radical (unpaired) electrons. The van der Waals surface area contributed by atoms with E-state index in [9.17, 15) is 28.9 Å². The third kappa shape index (κ3) is 8.89. The topological polar surface area (TPSA) is 222 Å². The molecule has 1 unspecified atom stereocenters. The van der Waals surface area contributed by atoms with E-state index in [1.165, 1.54) is 10.9 Å². The number of fused-ring (bicyclic) bond motifs is 1. The lowest BCUT2D eigenvalue weighted by atomic mass is 10.1. The van der Waals surface area contributed by atoms with Gasteiger partial charge in [0.15, 0.2) is 12.0 Å². The Kier molecular flexibility index (Phi) is 10.2. The standard InChI is InChI=1S/C21H30N4O12P2S/c1-21(2)36-17-16(13-34-38(27,28)29)35-20(18(17)37-21)25-12-15(23-24-25)19(26)22-8-9-32-10-11-33-39(30,31)40-14-6-4-3-5-7-14/h3-7,12,16-18,20H,8-11,13H2,1-2H3,(H,22,26)(H,30,31)(H2,27,28,29)/p-3/t16-,17-,18-,20-/m1/s1. The molecule has 19 heteroatoms. The van der Waals surface area contributed by atoms with Crippen molar-refractivity contribution >= 4 is 31.9 Å². The van der Waals surface area contributed by atoms with Crippen molar-refractivity contribution in [1.82, 2.24) is 15.0 Å². The Morgan fingerprint density at radius 1 is 1.15 bits per heavy atom. The number of phosphoric ester groups is 1. The molecule has 0 aliphatic carbocycles. The van der Waals surface area contributed by atoms with Crippen molar-refractivity contribution in [2.75, 3.05) is 33.0 Å². The van der Waals surface area contributed by atoms with Crippen molar-refractivity contribution in [1.29, 1.82) is 0 Å². The highest BCUT2D eigenvalue weighted by Gasteiger charge is 2.56. The number of hydrogen-bond acceptors (Lipinski definition) is 15. The van der Waals surface area contributed by atoms with Gasteiger partial charge in [-0.3, -0.25) is 9.52 Å². The number of ether oxygens (including phenoxy) is 4. The van der Waals surface area contributed by atoms with Crippen LogP contribution in [-0.2, 0) is 37.1 Å². The van der Waals surface area contributed by atoms with Gasteiger partial charge in [-0.15, -0.1) is 5.10 Å². The summed E-state index contributed by atoms with van der Waals surface area (Å²) in [5.41, 5.74) is -0.0934. The number of aliphatic imine (C=N–C) groups is 1. The predicted octanol–water partition coefficient (Wildman–Crippen LogP) is -0.426. The summed E-state index contributed by atoms with van der Waals surface area (Å²) in [6.07, 6.45) is -2.14. The van der Waals surface area contributed by atoms with Crippen LogP contribution in [-0.4, -0.2) is 82.9 Å². The normalized spacial score (nSPS) is 26.1. The van der Waals surface area contributed by atoms with Crippen molar-refractivity contribution in [3.63, 3.8) is 0 Å². The molecular weight excluding hydrogens is 594 g/mol. The summed E-state index contributed by atoms with van der Waals surface area (Å²) in [4.78, 5) is 36.2. The molecule has 0 saturated carbocycles. The van der Waals surface area contributed by atoms with Crippen molar-refractivity contribution in [2.24, 2.45) is 4.99 Å². The molecule has 2 fully saturated rings. The summed E-state index contributed by atoms with van der Waals surface area (Å²) in [6.45, 7) is -1.25. The lowest BCUT2D eigenvalue weighted by molar-refractivity contribution is -0.343. The van der Waals surface area contributed by atoms with E-state index in [4.69, 9.17) is 23.5 Å². The summed E-state index contributed by atoms with van der Waals surface area (Å²) in [5.74, 6) is -1.70. The third-order valence-electron chi connectivity index (χ3n) is 5.45. The first-order valence-corrected chi connectivity index (χ1v) is 16.4. The predicted molar refractivity (Wildman–Crippen MR) is 132 cm³/mol. The van der Waals surface area contributed by atoms with Gasteiger partial charge < -0.3 is 47.8 Å². The summed E-state index contributed by atoms with van der Waals surface area (Å²) in [5, 5.41) is 20.1. The Morgan fingerprint density at radius 2 is 1.88 bits per heavy atom. The number of benzene rings is 1. The van der Waals surface area contributed by atoms with E-state index in [0.29, 0.717) is 4.90 Å². The molecule has 40 heavy (non-hydrogen) atoms. The smallest absolute Gasteiger partial charge is 0.391 e. The van der Waals surface area contributed by atoms with Crippen LogP contribution in [0, 0.1) is 0 Å². The van der Waals surface area contributed by atoms with E-state index in [1.807, 2.05) is 0 Å². The molecule has 16 nitrogen and oxygen atoms in total. The highest BCUT2D eigenvalue weighted by atomic mass is 32.7. The van der Waals surface area contributed by atoms with E-state index < -0.39 is 57.5 Å². The number of nitrogens with zero attached hydrogens (tertiary/aromatic N) is 4. The molecule has 2 aliphatic rings. The minimum Gasteiger partial charge on any atom is -0.857 e. The lowest BCUT2D eigenvalue weighted by Gasteiger charge is -2.31. The molecule has 0 bridgehead atoms. The average molecular weight is 621 g/mol. The first-order valence-electron chi connectivity index (χ1n) is 11.9. The largest absolute Gasteiger partial charge is 0.857 e. The van der Waals surface area contributed by atoms with Crippen molar-refractivity contribution in [2.45, 2.75) is 49.1 Å². The number of hydrogen-bond donors (Lipinski definition) is 1. The zero-order valence-electron chi connectivity index (χ0n) is 21.3. The maximum Gasteiger partial charge on any atom is 0.391 e. The van der Waals surface area contributed by atoms with E-state index in [0.717, 1.165) is 11.4 Å². The van der Waals surface area contributed by atoms with Gasteiger partial charge in [0.1, 0.15) is 24.0 Å². The molecule has 4 rings (SSSR count). The summed E-state index contributed by atoms with van der Waals surface area (Å²) >= 11 is 0.724. The van der Waals surface area contributed by atoms with Gasteiger partial charge >= 0.3 is 6.80 Å². The summed E-state index contributed by atoms with van der Waals surface area (Å²) in [7, 11) is -5.24. The van der Waals surface area contributed by atoms with Crippen LogP contribution in [0.15, 0.2) is 46.4 Å². The van der Waals surface area contributed by atoms with E-state index in [2.05, 4.69) is 19.8 Å². The molecule has 1 aromatic heterocycles. The van der Waals surface area contributed by atoms with E-state index >= 15 is 0 Å². The first-order chi connectivity index (χ1) is 18.8. The van der Waals surface area contributed by atoms with Gasteiger partial charge in [-0.1, -0.05) is 23.4 Å². The highest BCUT2D eigenvalue weighted by Crippen LogP contribution is 2.59. The molecule has 3 heterocycles. The Morgan fingerprint density at radius 3 is 2.60 bits per heavy atom. The van der Waals surface area contributed by atoms with Gasteiger partial charge in [0, 0.05) is 10.8 Å². The van der Waals surface area contributed by atoms with Crippen LogP contribution in [0.4, 0.5) is 0 Å². The summed E-state index contributed by atoms with van der Waals surface area (Å²) in [6, 6.07) is 8.66. The lowest BCUT2D eigenvalue weighted by Crippen LogP contribution is -2.34. The SMILES string of the molecule is CC1(C)O[C@@H]2[C@H](O1)[C@@H](COP(=O)([O-])[O-])O[C@H]2n1cc(C([O-])=NCCOCCOP(=O)(O)Sc2ccccc2)nn1. The van der Waals surface area contributed by atoms with Crippen LogP contribution >= 0.6 is 26.0 Å². The van der Waals surface area contributed by atoms with Gasteiger partial charge in [0.25, 0.3) is 0 Å². The van der Waals surface area contributed by atoms with Crippen LogP contribution < -0.4 is 14.9 Å². The van der Waals surface area contributed by atoms with Gasteiger partial charge in [-0.25, -0.2) is 9.25 Å². The van der Waals surface area contributed by atoms with Crippen LogP contribution in [0.25, 0.3) is 0 Å². The van der Waals surface area contributed by atoms with Gasteiger partial charge in [0.2, 0.25) is 0 Å². The van der Waals surface area contributed by atoms with E-state index in [1.54, 1.807) is 44.2 Å². The number of aromatic nitrogens is 3. The molecule has 1 aromatic carbocycles. The second-order valence-corrected chi connectivity index (χ2v) is 13.9. The fraction of sp³-hybridized carbons (Fsp3) is 0.571. The average Bonchev–Trinajstić information content (AvgIpc) is 3.55. The highest BCUT2D eigenvalue weighted by molar-refractivity contribution is 8.54. The molecule has 0 amide bonds. The van der Waals surface area contributed by atoms with Crippen LogP contribution in [0.5, 0.6) is 0 Å². The molecule has 5 atom stereocenters. The molecule has 2 aromatic rings. The Bertz CT molecular complexity index is 1260. The quantitative estimate of drug-likeness (QED) is 0.122. The van der Waals surface area contributed by atoms with E-state index in [-0.39, 0.29) is 32.1 Å². The molecule has 2 saturated heterocycles. The number of rotatable bonds is 14. The molecule has 2 aliphatic heterocycles. The Hall–Kier alpha value is -1.72. The summed E-state index contributed by atoms with van der Waals surface area (Å²) < 4.78 is 56.3. The molecule has 222 valence electrons. The molecule has 0 spiro atoms. The van der Waals surface area contributed by atoms with Crippen LogP contribution in [0.2, 0.25) is 0 Å². The Balaban J connectivity index is 1.23. The van der Waals surface area contributed by atoms with Gasteiger partial charge in [-0.05, 0) is 37.4 Å². The fourth-order valence-corrected chi connectivity index (χ4v) is 6.70.